The molecule has 4 nitrogen and oxygen atoms in total. The van der Waals surface area contributed by atoms with Gasteiger partial charge in [0.2, 0.25) is 0 Å². The quantitative estimate of drug-likeness (QED) is 0.496. The fourth-order valence-corrected chi connectivity index (χ4v) is 2.67. The van der Waals surface area contributed by atoms with Crippen LogP contribution in [0.3, 0.4) is 0 Å². The number of nitrogens with zero attached hydrogens (tertiary/aromatic N) is 2. The summed E-state index contributed by atoms with van der Waals surface area (Å²) in [6.45, 7) is 1.52. The van der Waals surface area contributed by atoms with Gasteiger partial charge in [-0.3, -0.25) is 14.2 Å². The summed E-state index contributed by atoms with van der Waals surface area (Å²) >= 11 is 0. The first kappa shape index (κ1) is 11.1. The number of imidazole rings is 1. The molecule has 1 aliphatic rings. The highest BCUT2D eigenvalue weighted by atomic mass is 16.2. The number of rotatable bonds is 1. The average molecular weight is 262 g/mol. The first-order valence-corrected chi connectivity index (χ1v) is 6.34. The van der Waals surface area contributed by atoms with Crippen molar-refractivity contribution in [2.75, 3.05) is 0 Å². The highest BCUT2D eigenvalue weighted by Gasteiger charge is 2.30. The normalized spacial score (nSPS) is 12.6. The molecule has 4 rings (SSSR count). The van der Waals surface area contributed by atoms with E-state index in [4.69, 9.17) is 0 Å². The van der Waals surface area contributed by atoms with Gasteiger partial charge in [0.15, 0.2) is 5.78 Å². The number of para-hydroxylation sites is 2. The zero-order valence-corrected chi connectivity index (χ0v) is 10.8. The van der Waals surface area contributed by atoms with Crippen molar-refractivity contribution in [3.63, 3.8) is 0 Å². The Morgan fingerprint density at radius 1 is 1.10 bits per heavy atom. The summed E-state index contributed by atoms with van der Waals surface area (Å²) < 4.78 is 1.61. The lowest BCUT2D eigenvalue weighted by molar-refractivity contribution is 0.0970. The van der Waals surface area contributed by atoms with E-state index < -0.39 is 0 Å². The van der Waals surface area contributed by atoms with E-state index in [0.29, 0.717) is 17.0 Å². The molecule has 0 amide bonds. The van der Waals surface area contributed by atoms with Gasteiger partial charge in [-0.1, -0.05) is 18.2 Å². The molecule has 1 aromatic heterocycles. The van der Waals surface area contributed by atoms with E-state index in [0.717, 1.165) is 16.6 Å². The number of aromatic nitrogens is 2. The molecule has 0 atom stereocenters. The molecule has 4 heteroatoms. The van der Waals surface area contributed by atoms with Gasteiger partial charge in [0.1, 0.15) is 5.82 Å². The monoisotopic (exact) mass is 262 g/mol. The molecule has 0 unspecified atom stereocenters. The lowest BCUT2D eigenvalue weighted by Gasteiger charge is -2.00. The summed E-state index contributed by atoms with van der Waals surface area (Å²) in [5.41, 5.74) is 3.52. The average Bonchev–Trinajstić information content (AvgIpc) is 2.96. The summed E-state index contributed by atoms with van der Waals surface area (Å²) in [4.78, 5) is 28.5. The molecule has 0 aliphatic carbocycles. The first-order valence-electron chi connectivity index (χ1n) is 6.34. The third-order valence-electron chi connectivity index (χ3n) is 3.66. The highest BCUT2D eigenvalue weighted by Crippen LogP contribution is 2.35. The molecule has 0 bridgehead atoms. The van der Waals surface area contributed by atoms with Crippen molar-refractivity contribution in [1.29, 1.82) is 0 Å². The number of carbonyl (C=O) groups is 2. The third-order valence-corrected chi connectivity index (χ3v) is 3.66. The molecule has 96 valence electrons. The Bertz CT molecular complexity index is 906. The van der Waals surface area contributed by atoms with Crippen LogP contribution in [-0.4, -0.2) is 21.2 Å². The second-order valence-electron chi connectivity index (χ2n) is 4.88. The molecule has 2 heterocycles. The topological polar surface area (TPSA) is 52.0 Å². The van der Waals surface area contributed by atoms with Crippen LogP contribution in [0.25, 0.3) is 22.4 Å². The first-order chi connectivity index (χ1) is 9.66. The zero-order chi connectivity index (χ0) is 13.9. The van der Waals surface area contributed by atoms with Gasteiger partial charge in [0, 0.05) is 11.1 Å². The summed E-state index contributed by atoms with van der Waals surface area (Å²) in [5.74, 6) is 0.517. The van der Waals surface area contributed by atoms with Gasteiger partial charge < -0.3 is 0 Å². The van der Waals surface area contributed by atoms with E-state index in [9.17, 15) is 9.59 Å². The molecule has 0 saturated heterocycles. The van der Waals surface area contributed by atoms with Gasteiger partial charge in [0.05, 0.1) is 16.6 Å². The Balaban J connectivity index is 2.08. The zero-order valence-electron chi connectivity index (χ0n) is 10.8. The van der Waals surface area contributed by atoms with Crippen molar-refractivity contribution in [1.82, 2.24) is 9.55 Å². The predicted molar refractivity (Wildman–Crippen MR) is 74.9 cm³/mol. The van der Waals surface area contributed by atoms with Crippen LogP contribution in [0, 0.1) is 0 Å². The summed E-state index contributed by atoms with van der Waals surface area (Å²) in [7, 11) is 0. The fraction of sp³-hybridized carbons (Fsp3) is 0.0625. The number of hydrogen-bond donors (Lipinski definition) is 0. The SMILES string of the molecule is CC(=O)c1ccc2c(c1)-c1nc3ccccc3n1C2=O. The minimum atomic E-state index is -0.0844. The summed E-state index contributed by atoms with van der Waals surface area (Å²) in [6, 6.07) is 12.7. The van der Waals surface area contributed by atoms with Gasteiger partial charge in [-0.2, -0.15) is 0 Å². The summed E-state index contributed by atoms with van der Waals surface area (Å²) in [6.07, 6.45) is 0. The Labute approximate surface area is 114 Å². The van der Waals surface area contributed by atoms with E-state index >= 15 is 0 Å². The van der Waals surface area contributed by atoms with Crippen LogP contribution >= 0.6 is 0 Å². The number of benzene rings is 2. The molecule has 0 spiro atoms. The van der Waals surface area contributed by atoms with E-state index in [1.165, 1.54) is 6.92 Å². The summed E-state index contributed by atoms with van der Waals surface area (Å²) in [5, 5.41) is 0. The molecular formula is C16H10N2O2. The third kappa shape index (κ3) is 1.28. The second-order valence-corrected chi connectivity index (χ2v) is 4.88. The van der Waals surface area contributed by atoms with Crippen molar-refractivity contribution < 1.29 is 9.59 Å². The maximum absolute atomic E-state index is 12.5. The molecule has 3 aromatic rings. The minimum Gasteiger partial charge on any atom is -0.295 e. The number of Topliss-reactive ketones (excluding diaryl/α,β-unsaturated/α-hetero) is 1. The minimum absolute atomic E-state index is 0.0187. The standard InChI is InChI=1S/C16H10N2O2/c1-9(19)10-6-7-11-12(8-10)15-17-13-4-2-3-5-14(13)18(15)16(11)20/h2-8H,1H3. The lowest BCUT2D eigenvalue weighted by atomic mass is 10.0. The Morgan fingerprint density at radius 2 is 1.90 bits per heavy atom. The fourth-order valence-electron chi connectivity index (χ4n) is 2.67. The smallest absolute Gasteiger partial charge is 0.264 e. The highest BCUT2D eigenvalue weighted by molar-refractivity contribution is 6.13. The van der Waals surface area contributed by atoms with Crippen LogP contribution < -0.4 is 0 Å². The Hall–Kier alpha value is -2.75. The second kappa shape index (κ2) is 3.63. The van der Waals surface area contributed by atoms with Crippen LogP contribution in [-0.2, 0) is 0 Å². The van der Waals surface area contributed by atoms with Crippen LogP contribution in [0.1, 0.15) is 27.6 Å². The molecule has 20 heavy (non-hydrogen) atoms. The van der Waals surface area contributed by atoms with Crippen molar-refractivity contribution in [3.05, 3.63) is 53.6 Å². The van der Waals surface area contributed by atoms with Gasteiger partial charge in [0.25, 0.3) is 5.91 Å². The van der Waals surface area contributed by atoms with E-state index in [1.54, 1.807) is 22.8 Å². The van der Waals surface area contributed by atoms with Crippen molar-refractivity contribution in [3.8, 4) is 11.4 Å². The van der Waals surface area contributed by atoms with Crippen molar-refractivity contribution in [2.45, 2.75) is 6.92 Å². The van der Waals surface area contributed by atoms with Gasteiger partial charge >= 0.3 is 0 Å². The van der Waals surface area contributed by atoms with Crippen LogP contribution in [0.5, 0.6) is 0 Å². The predicted octanol–water partition coefficient (Wildman–Crippen LogP) is 2.91. The molecule has 0 N–H and O–H groups in total. The Morgan fingerprint density at radius 3 is 2.70 bits per heavy atom. The number of carbonyl (C=O) groups excluding carboxylic acids is 2. The number of hydrogen-bond acceptors (Lipinski definition) is 3. The van der Waals surface area contributed by atoms with Crippen LogP contribution in [0.2, 0.25) is 0 Å². The molecule has 0 radical (unpaired) electrons. The molecular weight excluding hydrogens is 252 g/mol. The number of ketones is 1. The van der Waals surface area contributed by atoms with Gasteiger partial charge in [-0.05, 0) is 31.2 Å². The Kier molecular flexibility index (Phi) is 2.02. The largest absolute Gasteiger partial charge is 0.295 e. The van der Waals surface area contributed by atoms with Crippen molar-refractivity contribution >= 4 is 22.7 Å². The van der Waals surface area contributed by atoms with Gasteiger partial charge in [-0.15, -0.1) is 0 Å². The van der Waals surface area contributed by atoms with Gasteiger partial charge in [-0.25, -0.2) is 4.98 Å². The lowest BCUT2D eigenvalue weighted by Crippen LogP contribution is -2.05. The van der Waals surface area contributed by atoms with Crippen LogP contribution in [0.15, 0.2) is 42.5 Å². The van der Waals surface area contributed by atoms with Crippen molar-refractivity contribution in [2.24, 2.45) is 0 Å². The molecule has 0 fully saturated rings. The van der Waals surface area contributed by atoms with E-state index in [2.05, 4.69) is 4.98 Å². The molecule has 0 saturated carbocycles. The molecule has 1 aliphatic heterocycles. The molecule has 2 aromatic carbocycles. The van der Waals surface area contributed by atoms with Crippen LogP contribution in [0.4, 0.5) is 0 Å². The van der Waals surface area contributed by atoms with E-state index in [-0.39, 0.29) is 11.7 Å². The maximum Gasteiger partial charge on any atom is 0.264 e. The maximum atomic E-state index is 12.5. The number of fused-ring (bicyclic) bond motifs is 5. The van der Waals surface area contributed by atoms with E-state index in [1.807, 2.05) is 24.3 Å².